The average Bonchev–Trinajstić information content (AvgIpc) is 3.16. The molecule has 2 aromatic carbocycles. The molecule has 1 atom stereocenters. The Bertz CT molecular complexity index is 1120. The molecule has 30 heavy (non-hydrogen) atoms. The number of anilines is 1. The lowest BCUT2D eigenvalue weighted by atomic mass is 10.2. The Labute approximate surface area is 180 Å². The molecule has 158 valence electrons. The van der Waals surface area contributed by atoms with Gasteiger partial charge in [-0.25, -0.2) is 8.42 Å². The van der Waals surface area contributed by atoms with Gasteiger partial charge in [0.25, 0.3) is 0 Å². The van der Waals surface area contributed by atoms with Crippen LogP contribution >= 0.6 is 11.6 Å². The van der Waals surface area contributed by atoms with E-state index in [0.29, 0.717) is 16.5 Å². The highest BCUT2D eigenvalue weighted by atomic mass is 35.5. The molecule has 1 heterocycles. The van der Waals surface area contributed by atoms with Gasteiger partial charge in [0.05, 0.1) is 18.5 Å². The molecule has 8 nitrogen and oxygen atoms in total. The van der Waals surface area contributed by atoms with Crippen LogP contribution in [0.15, 0.2) is 59.1 Å². The molecule has 0 aliphatic heterocycles. The van der Waals surface area contributed by atoms with Crippen LogP contribution in [0.3, 0.4) is 0 Å². The number of amides is 1. The summed E-state index contributed by atoms with van der Waals surface area (Å²) in [5, 5.41) is 4.52. The van der Waals surface area contributed by atoms with E-state index in [1.807, 2.05) is 0 Å². The Morgan fingerprint density at radius 1 is 1.13 bits per heavy atom. The zero-order chi connectivity index (χ0) is 21.9. The SMILES string of the molecule is C[C@@H](C(=O)N(C)Cc1nc(-c2ccc(Cl)cc2)no1)N(c1ccccc1)S(C)(=O)=O. The molecular formula is C20H21ClN4O4S. The molecule has 0 saturated heterocycles. The van der Waals surface area contributed by atoms with E-state index in [9.17, 15) is 13.2 Å². The van der Waals surface area contributed by atoms with Crippen molar-refractivity contribution in [3.63, 3.8) is 0 Å². The van der Waals surface area contributed by atoms with Gasteiger partial charge in [0, 0.05) is 17.6 Å². The molecule has 10 heteroatoms. The summed E-state index contributed by atoms with van der Waals surface area (Å²) >= 11 is 5.88. The first-order valence-corrected chi connectivity index (χ1v) is 11.3. The second kappa shape index (κ2) is 8.85. The molecule has 0 fully saturated rings. The van der Waals surface area contributed by atoms with Crippen molar-refractivity contribution in [2.45, 2.75) is 19.5 Å². The number of hydrogen-bond donors (Lipinski definition) is 0. The molecule has 0 bridgehead atoms. The third-order valence-corrected chi connectivity index (χ3v) is 5.89. The number of rotatable bonds is 7. The molecule has 3 aromatic rings. The molecular weight excluding hydrogens is 428 g/mol. The van der Waals surface area contributed by atoms with E-state index in [0.717, 1.165) is 16.1 Å². The van der Waals surface area contributed by atoms with Crippen LogP contribution in [0.1, 0.15) is 12.8 Å². The normalized spacial score (nSPS) is 12.4. The molecule has 1 amide bonds. The van der Waals surface area contributed by atoms with E-state index in [1.165, 1.54) is 4.90 Å². The van der Waals surface area contributed by atoms with Crippen molar-refractivity contribution in [3.05, 3.63) is 65.5 Å². The molecule has 0 aliphatic rings. The third kappa shape index (κ3) is 4.98. The second-order valence-corrected chi connectivity index (χ2v) is 9.08. The van der Waals surface area contributed by atoms with Gasteiger partial charge in [-0.3, -0.25) is 9.10 Å². The standard InChI is InChI=1S/C20H21ClN4O4S/c1-14(25(30(3,27)28)17-7-5-4-6-8-17)20(26)24(2)13-18-22-19(23-29-18)15-9-11-16(21)12-10-15/h4-12,14H,13H2,1-3H3/t14-/m0/s1. The molecule has 0 unspecified atom stereocenters. The fourth-order valence-corrected chi connectivity index (χ4v) is 4.31. The van der Waals surface area contributed by atoms with Crippen molar-refractivity contribution in [3.8, 4) is 11.4 Å². The lowest BCUT2D eigenvalue weighted by Crippen LogP contribution is -2.48. The fourth-order valence-electron chi connectivity index (χ4n) is 3.01. The van der Waals surface area contributed by atoms with Crippen molar-refractivity contribution < 1.29 is 17.7 Å². The van der Waals surface area contributed by atoms with Crippen molar-refractivity contribution in [2.24, 2.45) is 0 Å². The monoisotopic (exact) mass is 448 g/mol. The number of hydrogen-bond acceptors (Lipinski definition) is 6. The van der Waals surface area contributed by atoms with Crippen molar-refractivity contribution >= 4 is 33.2 Å². The van der Waals surface area contributed by atoms with Crippen LogP contribution < -0.4 is 4.31 Å². The van der Waals surface area contributed by atoms with Gasteiger partial charge in [0.2, 0.25) is 27.6 Å². The summed E-state index contributed by atoms with van der Waals surface area (Å²) in [6.07, 6.45) is 1.07. The average molecular weight is 449 g/mol. The van der Waals surface area contributed by atoms with Crippen LogP contribution in [0.4, 0.5) is 5.69 Å². The third-order valence-electron chi connectivity index (χ3n) is 4.40. The summed E-state index contributed by atoms with van der Waals surface area (Å²) in [5.74, 6) is 0.196. The number of carbonyl (C=O) groups is 1. The smallest absolute Gasteiger partial charge is 0.246 e. The zero-order valence-corrected chi connectivity index (χ0v) is 18.3. The Balaban J connectivity index is 1.75. The predicted molar refractivity (Wildman–Crippen MR) is 114 cm³/mol. The summed E-state index contributed by atoms with van der Waals surface area (Å²) in [7, 11) is -2.13. The lowest BCUT2D eigenvalue weighted by molar-refractivity contribution is -0.131. The Morgan fingerprint density at radius 3 is 2.37 bits per heavy atom. The lowest BCUT2D eigenvalue weighted by Gasteiger charge is -2.30. The van der Waals surface area contributed by atoms with E-state index >= 15 is 0 Å². The largest absolute Gasteiger partial charge is 0.337 e. The second-order valence-electron chi connectivity index (χ2n) is 6.78. The summed E-state index contributed by atoms with van der Waals surface area (Å²) in [5.41, 5.74) is 1.14. The number of halogens is 1. The molecule has 0 aliphatic carbocycles. The maximum atomic E-state index is 12.9. The molecule has 3 rings (SSSR count). The van der Waals surface area contributed by atoms with Gasteiger partial charge in [-0.2, -0.15) is 4.98 Å². The summed E-state index contributed by atoms with van der Waals surface area (Å²) in [6, 6.07) is 14.5. The highest BCUT2D eigenvalue weighted by molar-refractivity contribution is 7.92. The Morgan fingerprint density at radius 2 is 1.77 bits per heavy atom. The Hall–Kier alpha value is -2.91. The number of benzene rings is 2. The fraction of sp³-hybridized carbons (Fsp3) is 0.250. The van der Waals surface area contributed by atoms with Crippen molar-refractivity contribution in [1.82, 2.24) is 15.0 Å². The first kappa shape index (κ1) is 21.8. The van der Waals surface area contributed by atoms with Gasteiger partial charge in [0.15, 0.2) is 0 Å². The summed E-state index contributed by atoms with van der Waals surface area (Å²) in [4.78, 5) is 18.6. The van der Waals surface area contributed by atoms with E-state index in [4.69, 9.17) is 16.1 Å². The minimum Gasteiger partial charge on any atom is -0.337 e. The zero-order valence-electron chi connectivity index (χ0n) is 16.7. The molecule has 1 aromatic heterocycles. The minimum absolute atomic E-state index is 0.0379. The summed E-state index contributed by atoms with van der Waals surface area (Å²) in [6.45, 7) is 1.58. The predicted octanol–water partition coefficient (Wildman–Crippen LogP) is 3.20. The van der Waals surface area contributed by atoms with Gasteiger partial charge >= 0.3 is 0 Å². The van der Waals surface area contributed by atoms with Gasteiger partial charge in [-0.1, -0.05) is 35.0 Å². The topological polar surface area (TPSA) is 96.6 Å². The summed E-state index contributed by atoms with van der Waals surface area (Å²) < 4.78 is 31.0. The highest BCUT2D eigenvalue weighted by Crippen LogP contribution is 2.22. The number of para-hydroxylation sites is 1. The van der Waals surface area contributed by atoms with Crippen LogP contribution in [0.2, 0.25) is 5.02 Å². The van der Waals surface area contributed by atoms with Crippen molar-refractivity contribution in [2.75, 3.05) is 17.6 Å². The highest BCUT2D eigenvalue weighted by Gasteiger charge is 2.31. The van der Waals surface area contributed by atoms with Crippen LogP contribution in [-0.2, 0) is 21.4 Å². The first-order chi connectivity index (χ1) is 14.2. The van der Waals surface area contributed by atoms with E-state index in [1.54, 1.807) is 68.6 Å². The maximum absolute atomic E-state index is 12.9. The van der Waals surface area contributed by atoms with Crippen molar-refractivity contribution in [1.29, 1.82) is 0 Å². The number of carbonyl (C=O) groups excluding carboxylic acids is 1. The van der Waals surface area contributed by atoms with E-state index in [2.05, 4.69) is 10.1 Å². The molecule has 0 N–H and O–H groups in total. The molecule has 0 radical (unpaired) electrons. The van der Waals surface area contributed by atoms with Gasteiger partial charge in [0.1, 0.15) is 6.04 Å². The first-order valence-electron chi connectivity index (χ1n) is 9.05. The maximum Gasteiger partial charge on any atom is 0.246 e. The molecule has 0 spiro atoms. The van der Waals surface area contributed by atoms with Crippen LogP contribution in [0.5, 0.6) is 0 Å². The number of likely N-dealkylation sites (N-methyl/N-ethyl adjacent to an activating group) is 1. The number of nitrogens with zero attached hydrogens (tertiary/aromatic N) is 4. The van der Waals surface area contributed by atoms with Crippen LogP contribution in [0.25, 0.3) is 11.4 Å². The quantitative estimate of drug-likeness (QED) is 0.550. The Kier molecular flexibility index (Phi) is 6.42. The number of sulfonamides is 1. The van der Waals surface area contributed by atoms with E-state index < -0.39 is 22.0 Å². The van der Waals surface area contributed by atoms with Crippen LogP contribution in [-0.4, -0.2) is 48.7 Å². The van der Waals surface area contributed by atoms with Gasteiger partial charge < -0.3 is 9.42 Å². The van der Waals surface area contributed by atoms with Crippen LogP contribution in [0, 0.1) is 0 Å². The number of aromatic nitrogens is 2. The van der Waals surface area contributed by atoms with E-state index in [-0.39, 0.29) is 12.4 Å². The van der Waals surface area contributed by atoms with Gasteiger partial charge in [-0.15, -0.1) is 0 Å². The van der Waals surface area contributed by atoms with Gasteiger partial charge in [-0.05, 0) is 43.3 Å². The minimum atomic E-state index is -3.68. The molecule has 0 saturated carbocycles.